The summed E-state index contributed by atoms with van der Waals surface area (Å²) >= 11 is 18.3. The van der Waals surface area contributed by atoms with E-state index in [2.05, 4.69) is 20.5 Å². The summed E-state index contributed by atoms with van der Waals surface area (Å²) in [5.74, 6) is -1.66. The number of nitrogens with one attached hydrogen (secondary N) is 3. The number of carbonyl (C=O) groups excluding carboxylic acids is 2. The van der Waals surface area contributed by atoms with Crippen LogP contribution in [0.5, 0.6) is 5.75 Å². The van der Waals surface area contributed by atoms with E-state index >= 15 is 0 Å². The number of anilines is 2. The van der Waals surface area contributed by atoms with Crippen molar-refractivity contribution in [3.8, 4) is 11.4 Å². The highest BCUT2D eigenvalue weighted by Gasteiger charge is 2.25. The summed E-state index contributed by atoms with van der Waals surface area (Å²) in [7, 11) is -3.97. The normalized spacial score (nSPS) is 12.1. The summed E-state index contributed by atoms with van der Waals surface area (Å²) in [4.78, 5) is 25.7. The lowest BCUT2D eigenvalue weighted by Crippen LogP contribution is -2.43. The summed E-state index contributed by atoms with van der Waals surface area (Å²) in [6.07, 6.45) is 2.93. The minimum Gasteiger partial charge on any atom is -0.506 e. The van der Waals surface area contributed by atoms with E-state index in [1.165, 1.54) is 35.3 Å². The number of nitrogens with zero attached hydrogens (tertiary/aromatic N) is 2. The molecule has 4 aromatic rings. The van der Waals surface area contributed by atoms with E-state index in [1.54, 1.807) is 37.3 Å². The summed E-state index contributed by atoms with van der Waals surface area (Å²) in [6.45, 7) is 3.47. The number of aryl methyl sites for hydroxylation is 1. The van der Waals surface area contributed by atoms with Crippen molar-refractivity contribution in [3.63, 3.8) is 0 Å². The molecule has 1 heterocycles. The lowest BCUT2D eigenvalue weighted by Gasteiger charge is -2.18. The predicted molar refractivity (Wildman–Crippen MR) is 159 cm³/mol. The number of phenolic OH excluding ortho intramolecular Hbond substituents is 1. The Morgan fingerprint density at radius 3 is 2.32 bits per heavy atom. The molecule has 0 aliphatic carbocycles. The number of halogens is 3. The molecule has 0 aliphatic heterocycles. The molecular weight excluding hydrogens is 613 g/mol. The van der Waals surface area contributed by atoms with Gasteiger partial charge in [0.15, 0.2) is 0 Å². The molecule has 0 saturated carbocycles. The molecule has 4 N–H and O–H groups in total. The van der Waals surface area contributed by atoms with Gasteiger partial charge in [-0.2, -0.15) is 9.82 Å². The van der Waals surface area contributed by atoms with Crippen molar-refractivity contribution in [1.29, 1.82) is 0 Å². The quantitative estimate of drug-likeness (QED) is 0.171. The second kappa shape index (κ2) is 12.5. The van der Waals surface area contributed by atoms with E-state index in [0.717, 1.165) is 11.6 Å². The molecule has 1 unspecified atom stereocenters. The van der Waals surface area contributed by atoms with Crippen LogP contribution in [0.4, 0.5) is 11.4 Å². The number of hydrogen-bond acceptors (Lipinski definition) is 6. The Balaban J connectivity index is 1.45. The Morgan fingerprint density at radius 1 is 0.951 bits per heavy atom. The monoisotopic (exact) mass is 635 g/mol. The smallest absolute Gasteiger partial charge is 0.258 e. The Hall–Kier alpha value is -3.61. The number of amides is 2. The molecule has 3 aromatic carbocycles. The van der Waals surface area contributed by atoms with Crippen LogP contribution in [0.2, 0.25) is 15.1 Å². The standard InChI is InChI=1S/C27H24Cl3N5O5S/c1-3-22(34-41(39,40)18-7-4-15(2)5-8-18)27(38)32-23-12-25(36)24(11-21(23)30)33-26(37)16-13-31-35(14-16)17-6-9-19(28)20(29)10-17/h4-14,22,34,36H,3H2,1-2H3,(H,32,38)(H,33,37). The van der Waals surface area contributed by atoms with E-state index in [1.807, 2.05) is 6.92 Å². The zero-order valence-electron chi connectivity index (χ0n) is 21.7. The molecule has 214 valence electrons. The van der Waals surface area contributed by atoms with E-state index < -0.39 is 27.9 Å². The highest BCUT2D eigenvalue weighted by atomic mass is 35.5. The third-order valence-corrected chi connectivity index (χ3v) is 8.50. The first-order valence-electron chi connectivity index (χ1n) is 12.1. The van der Waals surface area contributed by atoms with Gasteiger partial charge in [-0.05, 0) is 49.7 Å². The lowest BCUT2D eigenvalue weighted by molar-refractivity contribution is -0.117. The second-order valence-electron chi connectivity index (χ2n) is 8.96. The lowest BCUT2D eigenvalue weighted by atomic mass is 10.2. The number of benzene rings is 3. The molecule has 2 amide bonds. The van der Waals surface area contributed by atoms with Gasteiger partial charge in [-0.15, -0.1) is 0 Å². The summed E-state index contributed by atoms with van der Waals surface area (Å²) in [5, 5.41) is 20.4. The molecule has 0 spiro atoms. The van der Waals surface area contributed by atoms with Crippen LogP contribution in [0.3, 0.4) is 0 Å². The van der Waals surface area contributed by atoms with Crippen LogP contribution in [-0.4, -0.2) is 41.2 Å². The minimum absolute atomic E-state index is 0.00537. The van der Waals surface area contributed by atoms with Gasteiger partial charge >= 0.3 is 0 Å². The van der Waals surface area contributed by atoms with Crippen LogP contribution in [0.15, 0.2) is 71.9 Å². The minimum atomic E-state index is -3.97. The number of aromatic hydroxyl groups is 1. The van der Waals surface area contributed by atoms with Gasteiger partial charge in [-0.1, -0.05) is 59.4 Å². The zero-order valence-corrected chi connectivity index (χ0v) is 24.7. The highest BCUT2D eigenvalue weighted by molar-refractivity contribution is 7.89. The molecule has 0 saturated heterocycles. The third-order valence-electron chi connectivity index (χ3n) is 5.96. The molecule has 10 nitrogen and oxygen atoms in total. The number of carbonyl (C=O) groups is 2. The van der Waals surface area contributed by atoms with Crippen molar-refractivity contribution in [2.45, 2.75) is 31.2 Å². The SMILES string of the molecule is CCC(NS(=O)(=O)c1ccc(C)cc1)C(=O)Nc1cc(O)c(NC(=O)c2cnn(-c3ccc(Cl)c(Cl)c3)c2)cc1Cl. The number of hydrogen-bond donors (Lipinski definition) is 4. The fourth-order valence-corrected chi connectivity index (χ4v) is 5.46. The number of rotatable bonds is 9. The van der Waals surface area contributed by atoms with Gasteiger partial charge in [-0.25, -0.2) is 13.1 Å². The predicted octanol–water partition coefficient (Wildman–Crippen LogP) is 5.79. The van der Waals surface area contributed by atoms with Crippen LogP contribution in [-0.2, 0) is 14.8 Å². The van der Waals surface area contributed by atoms with Crippen LogP contribution < -0.4 is 15.4 Å². The van der Waals surface area contributed by atoms with E-state index in [9.17, 15) is 23.1 Å². The van der Waals surface area contributed by atoms with Crippen molar-refractivity contribution in [3.05, 3.63) is 93.2 Å². The Bertz CT molecular complexity index is 1730. The largest absolute Gasteiger partial charge is 0.506 e. The van der Waals surface area contributed by atoms with Crippen molar-refractivity contribution in [2.24, 2.45) is 0 Å². The van der Waals surface area contributed by atoms with Gasteiger partial charge in [-0.3, -0.25) is 9.59 Å². The zero-order chi connectivity index (χ0) is 29.9. The van der Waals surface area contributed by atoms with Gasteiger partial charge in [0.1, 0.15) is 11.8 Å². The first-order valence-corrected chi connectivity index (χ1v) is 14.7. The Kier molecular flexibility index (Phi) is 9.25. The van der Waals surface area contributed by atoms with Crippen molar-refractivity contribution >= 4 is 68.0 Å². The van der Waals surface area contributed by atoms with Crippen LogP contribution >= 0.6 is 34.8 Å². The van der Waals surface area contributed by atoms with Crippen LogP contribution in [0.25, 0.3) is 5.69 Å². The van der Waals surface area contributed by atoms with Gasteiger partial charge in [0, 0.05) is 12.3 Å². The Morgan fingerprint density at radius 2 is 1.66 bits per heavy atom. The molecule has 0 radical (unpaired) electrons. The maximum absolute atomic E-state index is 12.9. The number of sulfonamides is 1. The van der Waals surface area contributed by atoms with Crippen LogP contribution in [0.1, 0.15) is 29.3 Å². The maximum Gasteiger partial charge on any atom is 0.258 e. The average Bonchev–Trinajstić information content (AvgIpc) is 3.42. The summed E-state index contributed by atoms with van der Waals surface area (Å²) in [5.41, 5.74) is 1.65. The molecule has 1 atom stereocenters. The first kappa shape index (κ1) is 30.4. The maximum atomic E-state index is 12.9. The fraction of sp³-hybridized carbons (Fsp3) is 0.148. The number of aromatic nitrogens is 2. The summed E-state index contributed by atoms with van der Waals surface area (Å²) in [6, 6.07) is 12.4. The average molecular weight is 637 g/mol. The van der Waals surface area contributed by atoms with Crippen molar-refractivity contribution in [1.82, 2.24) is 14.5 Å². The summed E-state index contributed by atoms with van der Waals surface area (Å²) < 4.78 is 29.3. The molecule has 1 aromatic heterocycles. The van der Waals surface area contributed by atoms with Crippen LogP contribution in [0, 0.1) is 6.92 Å². The van der Waals surface area contributed by atoms with Crippen molar-refractivity contribution < 1.29 is 23.1 Å². The van der Waals surface area contributed by atoms with Gasteiger partial charge in [0.05, 0.1) is 48.8 Å². The highest BCUT2D eigenvalue weighted by Crippen LogP contribution is 2.34. The third kappa shape index (κ3) is 7.19. The number of phenols is 1. The molecule has 0 bridgehead atoms. The molecule has 0 aliphatic rings. The molecule has 0 fully saturated rings. The van der Waals surface area contributed by atoms with E-state index in [-0.39, 0.29) is 39.0 Å². The molecule has 4 rings (SSSR count). The Labute approximate surface area is 251 Å². The van der Waals surface area contributed by atoms with Gasteiger partial charge < -0.3 is 15.7 Å². The fourth-order valence-electron chi connectivity index (χ4n) is 3.68. The van der Waals surface area contributed by atoms with Crippen molar-refractivity contribution in [2.75, 3.05) is 10.6 Å². The van der Waals surface area contributed by atoms with Gasteiger partial charge in [0.2, 0.25) is 15.9 Å². The van der Waals surface area contributed by atoms with E-state index in [0.29, 0.717) is 15.7 Å². The molecular formula is C27H24Cl3N5O5S. The van der Waals surface area contributed by atoms with Gasteiger partial charge in [0.25, 0.3) is 5.91 Å². The van der Waals surface area contributed by atoms with E-state index in [4.69, 9.17) is 34.8 Å². The second-order valence-corrected chi connectivity index (χ2v) is 11.9. The first-order chi connectivity index (χ1) is 19.4. The molecule has 14 heteroatoms. The topological polar surface area (TPSA) is 142 Å². The molecule has 41 heavy (non-hydrogen) atoms.